The Morgan fingerprint density at radius 3 is 0.300 bits per heavy atom. The maximum atomic E-state index is 8.70. The van der Waals surface area contributed by atoms with Crippen molar-refractivity contribution in [1.29, 1.82) is 0 Å². The number of carbonyl (C=O) groups is 5. The monoisotopic (exact) mass is 769 g/mol. The largest absolute Gasteiger partial charge is 1.00 e. The summed E-state index contributed by atoms with van der Waals surface area (Å²) in [6.07, 6.45) is 0. The van der Waals surface area contributed by atoms with Gasteiger partial charge in [-0.2, -0.15) is 0 Å². The number of hydrogen-bond donors (Lipinski definition) is 0. The van der Waals surface area contributed by atoms with Crippen molar-refractivity contribution >= 4 is 89.7 Å². The van der Waals surface area contributed by atoms with Crippen molar-refractivity contribution in [3.63, 3.8) is 0 Å². The maximum Gasteiger partial charge on any atom is 1.00 e. The Bertz CT molecular complexity index is 242. The van der Waals surface area contributed by atoms with Crippen LogP contribution in [-0.2, 0) is 63.1 Å². The number of carbonyl (C=O) groups excluding carboxylic acids is 5. The van der Waals surface area contributed by atoms with E-state index in [-0.39, 0.29) is 514 Å². The van der Waals surface area contributed by atoms with E-state index >= 15 is 0 Å². The van der Waals surface area contributed by atoms with Gasteiger partial charge in [-0.15, -0.1) is 0 Å². The predicted molar refractivity (Wildman–Crippen MR) is 63.8 cm³/mol. The first-order chi connectivity index (χ1) is 8.66. The Kier molecular flexibility index (Phi) is 291. The molecule has 0 spiro atoms. The summed E-state index contributed by atoms with van der Waals surface area (Å²) >= 11 is 17.1. The minimum Gasteiger partial charge on any atom is -0.764 e. The first-order valence-electron chi connectivity index (χ1n) is 3.06. The topological polar surface area (TPSA) is 201 Å². The number of carboxylic acid groups (broad SMARTS) is 5. The molecule has 0 N–H and O–H groups in total. The average molecular weight is 771 g/mol. The Hall–Kier alpha value is 14.8. The Morgan fingerprint density at radius 1 is 0.300 bits per heavy atom. The van der Waals surface area contributed by atoms with Crippen LogP contribution < -0.4 is 539 Å². The summed E-state index contributed by atoms with van der Waals surface area (Å²) in [5.74, 6) is 0. The molecule has 30 heavy (non-hydrogen) atoms. The quantitative estimate of drug-likeness (QED) is 0.166. The van der Waals surface area contributed by atoms with Gasteiger partial charge in [0.1, 0.15) is 0 Å². The van der Waals surface area contributed by atoms with Gasteiger partial charge in [0, 0.05) is 0 Å². The van der Waals surface area contributed by atoms with E-state index in [1.54, 1.807) is 0 Å². The van der Waals surface area contributed by atoms with Crippen molar-refractivity contribution in [2.75, 3.05) is 0 Å². The minimum atomic E-state index is -1.50. The Balaban J connectivity index is -0.00000000666. The third-order valence-electron chi connectivity index (χ3n) is 0. The summed E-state index contributed by atoms with van der Waals surface area (Å²) in [5, 5.41) is 36.0. The number of rotatable bonds is 0. The summed E-state index contributed by atoms with van der Waals surface area (Å²) in [6, 6.07) is 0. The van der Waals surface area contributed by atoms with Crippen LogP contribution in [-0.4, -0.2) is 26.5 Å². The molecule has 0 aromatic carbocycles. The van der Waals surface area contributed by atoms with Gasteiger partial charge in [-0.1, -0.05) is 26.5 Å². The second-order valence-electron chi connectivity index (χ2n) is 1.25. The van der Waals surface area contributed by atoms with E-state index in [1.807, 2.05) is 0 Å². The van der Waals surface area contributed by atoms with Gasteiger partial charge in [-0.05, 0) is 0 Å². The predicted octanol–water partition coefficient (Wildman–Crippen LogP) is -35.6. The molecule has 10 nitrogen and oxygen atoms in total. The van der Waals surface area contributed by atoms with Gasteiger partial charge in [0.05, 0.1) is 0 Å². The molecule has 0 aliphatic heterocycles. The molecule has 0 fully saturated rings. The third-order valence-corrected chi connectivity index (χ3v) is 0. The van der Waals surface area contributed by atoms with Crippen molar-refractivity contribution in [3.8, 4) is 0 Å². The van der Waals surface area contributed by atoms with E-state index in [4.69, 9.17) is 49.5 Å². The fraction of sp³-hybridized carbons (Fsp3) is 0. The van der Waals surface area contributed by atoms with Crippen LogP contribution >= 0.6 is 0 Å². The molecule has 0 rings (SSSR count). The van der Waals surface area contributed by atoms with Gasteiger partial charge >= 0.3 is 514 Å². The molecule has 25 heteroatoms. The van der Waals surface area contributed by atoms with E-state index < -0.39 is 26.5 Å². The molecule has 0 saturated carbocycles. The molecule has 0 aliphatic carbocycles. The molecular weight excluding hydrogens is 771 g/mol. The molecule has 0 radical (unpaired) electrons. The molecule has 120 valence electrons. The summed E-state index contributed by atoms with van der Waals surface area (Å²) in [7, 11) is 0. The zero-order valence-electron chi connectivity index (χ0n) is 18.6. The van der Waals surface area contributed by atoms with E-state index in [9.17, 15) is 0 Å². The molecule has 0 aliphatic rings. The zero-order chi connectivity index (χ0) is 17.9. The van der Waals surface area contributed by atoms with Crippen LogP contribution in [0.1, 0.15) is 0 Å². The van der Waals surface area contributed by atoms with Crippen LogP contribution in [0.2, 0.25) is 0 Å². The molecule has 0 atom stereocenters. The van der Waals surface area contributed by atoms with Crippen molar-refractivity contribution in [2.24, 2.45) is 0 Å². The van der Waals surface area contributed by atoms with Crippen LogP contribution in [0, 0.1) is 0 Å². The van der Waals surface area contributed by atoms with E-state index in [2.05, 4.69) is 63.1 Å². The standard InChI is InChI=1S/5CH2O2S.10K/c5*2-1(3)4;;;;;;;;;;/h5*4H,(H,2,3);;;;;;;;;;/q;;;;;10*+1/p-10. The van der Waals surface area contributed by atoms with Gasteiger partial charge in [0.25, 0.3) is 0 Å². The van der Waals surface area contributed by atoms with Gasteiger partial charge in [-0.3, -0.25) is 0 Å². The Labute approximate surface area is 628 Å². The van der Waals surface area contributed by atoms with Crippen molar-refractivity contribution in [3.05, 3.63) is 0 Å². The van der Waals surface area contributed by atoms with Crippen molar-refractivity contribution < 1.29 is 563 Å². The first kappa shape index (κ1) is 96.8. The maximum absolute atomic E-state index is 8.70. The van der Waals surface area contributed by atoms with Crippen LogP contribution in [0.3, 0.4) is 0 Å². The van der Waals surface area contributed by atoms with Gasteiger partial charge in [0.15, 0.2) is 0 Å². The summed E-state index contributed by atoms with van der Waals surface area (Å²) in [4.78, 5) is 43.5. The minimum absolute atomic E-state index is 0. The molecule has 0 heterocycles. The molecule has 0 aromatic rings. The van der Waals surface area contributed by atoms with Gasteiger partial charge in [0.2, 0.25) is 0 Å². The molecule has 0 amide bonds. The zero-order valence-corrected chi connectivity index (χ0v) is 53.9. The second-order valence-corrected chi connectivity index (χ2v) is 2.92. The van der Waals surface area contributed by atoms with E-state index in [1.165, 1.54) is 0 Å². The van der Waals surface area contributed by atoms with E-state index in [0.717, 1.165) is 0 Å². The molecule has 0 bridgehead atoms. The van der Waals surface area contributed by atoms with Crippen LogP contribution in [0.15, 0.2) is 0 Å². The normalized spacial score (nSPS) is 4.00. The second kappa shape index (κ2) is 90.4. The SMILES string of the molecule is O=C([O-])[S-].O=C([O-])[S-].O=C([O-])[S-].O=C([O-])[S-].O=C([O-])[S-].[K+].[K+].[K+].[K+].[K+].[K+].[K+].[K+].[K+].[K+]. The first-order valence-corrected chi connectivity index (χ1v) is 5.10. The van der Waals surface area contributed by atoms with Gasteiger partial charge in [-0.25, -0.2) is 0 Å². The third kappa shape index (κ3) is 341. The smallest absolute Gasteiger partial charge is 0.764 e. The van der Waals surface area contributed by atoms with Crippen LogP contribution in [0.5, 0.6) is 0 Å². The van der Waals surface area contributed by atoms with Crippen molar-refractivity contribution in [1.82, 2.24) is 0 Å². The van der Waals surface area contributed by atoms with Crippen LogP contribution in [0.25, 0.3) is 0 Å². The number of hydrogen-bond acceptors (Lipinski definition) is 15. The van der Waals surface area contributed by atoms with Gasteiger partial charge < -0.3 is 113 Å². The summed E-state index contributed by atoms with van der Waals surface area (Å²) in [6.45, 7) is 0. The van der Waals surface area contributed by atoms with Crippen LogP contribution in [0.4, 0.5) is 24.0 Å². The molecule has 0 aromatic heterocycles. The van der Waals surface area contributed by atoms with Crippen molar-refractivity contribution in [2.45, 2.75) is 0 Å². The summed E-state index contributed by atoms with van der Waals surface area (Å²) < 4.78 is 0. The molecular formula is C5K10O10S5. The fourth-order valence-electron chi connectivity index (χ4n) is 0. The molecule has 0 saturated heterocycles. The Morgan fingerprint density at radius 2 is 0.300 bits per heavy atom. The summed E-state index contributed by atoms with van der Waals surface area (Å²) in [5.41, 5.74) is 0. The van der Waals surface area contributed by atoms with E-state index in [0.29, 0.717) is 0 Å². The molecule has 0 unspecified atom stereocenters. The fourth-order valence-corrected chi connectivity index (χ4v) is 0. The average Bonchev–Trinajstić information content (AvgIpc) is 1.94.